The number of nitrogens with two attached hydrogens (primary N) is 1. The molecule has 0 unspecified atom stereocenters. The minimum Gasteiger partial charge on any atom is -0.489 e. The molecular weight excluding hydrogens is 519 g/mol. The second-order valence-corrected chi connectivity index (χ2v) is 11.5. The lowest BCUT2D eigenvalue weighted by Gasteiger charge is -2.26. The van der Waals surface area contributed by atoms with E-state index in [-0.39, 0.29) is 30.9 Å². The number of Topliss-reactive ketones (excluding diaryl/α,β-unsaturated/α-hetero) is 1. The van der Waals surface area contributed by atoms with Crippen molar-refractivity contribution in [3.05, 3.63) is 71.2 Å². The molecular formula is C29H29FN4O4S. The van der Waals surface area contributed by atoms with Crippen LogP contribution >= 0.6 is 11.3 Å². The SMILES string of the molecule is CN(C)c1nc2ccc(C(=O)CC[C@](C)(O)c3cc4c(c(-c5ccc(F)cc5)n3)OC[C@]4(C)C(N)=O)cc2s1. The van der Waals surface area contributed by atoms with Crippen molar-refractivity contribution >= 4 is 38.4 Å². The van der Waals surface area contributed by atoms with Crippen LogP contribution in [0.15, 0.2) is 48.5 Å². The molecule has 1 aliphatic heterocycles. The van der Waals surface area contributed by atoms with Crippen molar-refractivity contribution in [2.45, 2.75) is 37.7 Å². The van der Waals surface area contributed by atoms with Crippen LogP contribution < -0.4 is 15.4 Å². The first kappa shape index (κ1) is 26.7. The number of amides is 1. The van der Waals surface area contributed by atoms with Crippen LogP contribution in [0.1, 0.15) is 48.3 Å². The summed E-state index contributed by atoms with van der Waals surface area (Å²) in [6.45, 7) is 3.28. The molecule has 3 heterocycles. The molecule has 0 bridgehead atoms. The maximum absolute atomic E-state index is 13.6. The number of aromatic nitrogens is 2. The molecule has 0 spiro atoms. The molecule has 4 aromatic rings. The van der Waals surface area contributed by atoms with Crippen molar-refractivity contribution in [2.75, 3.05) is 25.6 Å². The van der Waals surface area contributed by atoms with Crippen molar-refractivity contribution in [1.29, 1.82) is 0 Å². The molecule has 3 N–H and O–H groups in total. The zero-order valence-electron chi connectivity index (χ0n) is 22.1. The number of hydrogen-bond donors (Lipinski definition) is 2. The van der Waals surface area contributed by atoms with Crippen LogP contribution in [-0.4, -0.2) is 47.5 Å². The maximum Gasteiger partial charge on any atom is 0.231 e. The van der Waals surface area contributed by atoms with E-state index in [1.165, 1.54) is 23.5 Å². The highest BCUT2D eigenvalue weighted by molar-refractivity contribution is 7.22. The smallest absolute Gasteiger partial charge is 0.231 e. The summed E-state index contributed by atoms with van der Waals surface area (Å²) >= 11 is 1.50. The Balaban J connectivity index is 1.46. The van der Waals surface area contributed by atoms with Crippen LogP contribution in [0, 0.1) is 5.82 Å². The molecule has 0 radical (unpaired) electrons. The molecule has 0 fully saturated rings. The van der Waals surface area contributed by atoms with Gasteiger partial charge in [-0.2, -0.15) is 0 Å². The van der Waals surface area contributed by atoms with Crippen LogP contribution in [0.5, 0.6) is 5.75 Å². The molecule has 2 atom stereocenters. The van der Waals surface area contributed by atoms with Crippen LogP contribution in [0.2, 0.25) is 0 Å². The Hall–Kier alpha value is -3.89. The molecule has 5 rings (SSSR count). The van der Waals surface area contributed by atoms with E-state index in [4.69, 9.17) is 10.5 Å². The third kappa shape index (κ3) is 4.86. The maximum atomic E-state index is 13.6. The van der Waals surface area contributed by atoms with Crippen molar-refractivity contribution < 1.29 is 23.8 Å². The molecule has 2 aromatic heterocycles. The molecule has 8 nitrogen and oxygen atoms in total. The number of hydrogen-bond acceptors (Lipinski definition) is 8. The van der Waals surface area contributed by atoms with Gasteiger partial charge in [0.15, 0.2) is 10.9 Å². The van der Waals surface area contributed by atoms with E-state index in [2.05, 4.69) is 9.97 Å². The summed E-state index contributed by atoms with van der Waals surface area (Å²) in [6, 6.07) is 12.7. The second-order valence-electron chi connectivity index (χ2n) is 10.5. The number of halogens is 1. The molecule has 1 amide bonds. The predicted octanol–water partition coefficient (Wildman–Crippen LogP) is 4.57. The number of carbonyl (C=O) groups excluding carboxylic acids is 2. The van der Waals surface area contributed by atoms with Gasteiger partial charge in [-0.05, 0) is 68.8 Å². The third-order valence-corrected chi connectivity index (χ3v) is 8.39. The highest BCUT2D eigenvalue weighted by Gasteiger charge is 2.45. The largest absolute Gasteiger partial charge is 0.489 e. The van der Waals surface area contributed by atoms with Gasteiger partial charge < -0.3 is 20.5 Å². The zero-order chi connectivity index (χ0) is 28.1. The van der Waals surface area contributed by atoms with E-state index in [1.807, 2.05) is 31.1 Å². The number of benzene rings is 2. The lowest BCUT2D eigenvalue weighted by molar-refractivity contribution is -0.123. The zero-order valence-corrected chi connectivity index (χ0v) is 22.9. The van der Waals surface area contributed by atoms with Gasteiger partial charge >= 0.3 is 0 Å². The van der Waals surface area contributed by atoms with E-state index in [0.29, 0.717) is 28.1 Å². The van der Waals surface area contributed by atoms with Crippen LogP contribution in [0.4, 0.5) is 9.52 Å². The number of ether oxygens (including phenoxy) is 1. The molecule has 0 aliphatic carbocycles. The highest BCUT2D eigenvalue weighted by Crippen LogP contribution is 2.46. The number of ketones is 1. The Morgan fingerprint density at radius 3 is 2.56 bits per heavy atom. The van der Waals surface area contributed by atoms with E-state index in [9.17, 15) is 19.1 Å². The monoisotopic (exact) mass is 548 g/mol. The van der Waals surface area contributed by atoms with Crippen molar-refractivity contribution in [1.82, 2.24) is 9.97 Å². The summed E-state index contributed by atoms with van der Waals surface area (Å²) in [7, 11) is 3.83. The number of nitrogens with zero attached hydrogens (tertiary/aromatic N) is 3. The summed E-state index contributed by atoms with van der Waals surface area (Å²) in [6.07, 6.45) is 0.143. The summed E-state index contributed by atoms with van der Waals surface area (Å²) < 4.78 is 20.4. The average molecular weight is 549 g/mol. The Morgan fingerprint density at radius 1 is 1.18 bits per heavy atom. The standard InChI is InChI=1S/C29H29FN4O4S/c1-28(26(31)36)15-38-25-19(28)14-23(33-24(25)16-5-8-18(30)9-6-16)29(2,37)12-11-21(35)17-7-10-20-22(13-17)39-27(32-20)34(3)4/h5-10,13-14,37H,11-12,15H2,1-4H3,(H2,31,36)/t28-,29-/m0/s1. The van der Waals surface area contributed by atoms with E-state index in [0.717, 1.165) is 15.3 Å². The first-order valence-electron chi connectivity index (χ1n) is 12.5. The average Bonchev–Trinajstić information content (AvgIpc) is 3.49. The lowest BCUT2D eigenvalue weighted by Crippen LogP contribution is -2.40. The van der Waals surface area contributed by atoms with Crippen molar-refractivity contribution in [3.8, 4) is 17.0 Å². The quantitative estimate of drug-likeness (QED) is 0.310. The predicted molar refractivity (Wildman–Crippen MR) is 149 cm³/mol. The number of thiazole rings is 1. The molecule has 202 valence electrons. The van der Waals surface area contributed by atoms with E-state index >= 15 is 0 Å². The van der Waals surface area contributed by atoms with Crippen LogP contribution in [0.25, 0.3) is 21.5 Å². The van der Waals surface area contributed by atoms with Crippen molar-refractivity contribution in [3.63, 3.8) is 0 Å². The van der Waals surface area contributed by atoms with Gasteiger partial charge in [0.05, 0.1) is 15.9 Å². The summed E-state index contributed by atoms with van der Waals surface area (Å²) in [5, 5.41) is 12.4. The minimum atomic E-state index is -1.52. The van der Waals surface area contributed by atoms with Gasteiger partial charge in [-0.15, -0.1) is 0 Å². The third-order valence-electron chi connectivity index (χ3n) is 7.21. The number of pyridine rings is 1. The van der Waals surface area contributed by atoms with E-state index in [1.54, 1.807) is 38.1 Å². The number of carbonyl (C=O) groups is 2. The Labute approximate surface area is 229 Å². The Morgan fingerprint density at radius 2 is 1.90 bits per heavy atom. The fourth-order valence-corrected chi connectivity index (χ4v) is 5.50. The first-order chi connectivity index (χ1) is 18.4. The number of rotatable bonds is 8. The first-order valence-corrected chi connectivity index (χ1v) is 13.3. The fraction of sp³-hybridized carbons (Fsp3) is 0.310. The molecule has 2 aromatic carbocycles. The molecule has 1 aliphatic rings. The molecule has 10 heteroatoms. The fourth-order valence-electron chi connectivity index (χ4n) is 4.57. The molecule has 0 saturated carbocycles. The van der Waals surface area contributed by atoms with Crippen molar-refractivity contribution in [2.24, 2.45) is 5.73 Å². The minimum absolute atomic E-state index is 0.0210. The van der Waals surface area contributed by atoms with Crippen LogP contribution in [0.3, 0.4) is 0 Å². The number of primary amides is 1. The van der Waals surface area contributed by atoms with Gasteiger partial charge in [0.25, 0.3) is 0 Å². The van der Waals surface area contributed by atoms with Gasteiger partial charge in [-0.3, -0.25) is 9.59 Å². The van der Waals surface area contributed by atoms with E-state index < -0.39 is 22.7 Å². The highest BCUT2D eigenvalue weighted by atomic mass is 32.1. The summed E-state index contributed by atoms with van der Waals surface area (Å²) in [5.41, 5.74) is 6.13. The number of fused-ring (bicyclic) bond motifs is 2. The van der Waals surface area contributed by atoms with Gasteiger partial charge in [0.2, 0.25) is 5.91 Å². The second kappa shape index (κ2) is 9.69. The van der Waals surface area contributed by atoms with Gasteiger partial charge in [0.1, 0.15) is 34.9 Å². The van der Waals surface area contributed by atoms with Crippen LogP contribution in [-0.2, 0) is 15.8 Å². The van der Waals surface area contributed by atoms with Gasteiger partial charge in [-0.25, -0.2) is 14.4 Å². The lowest BCUT2D eigenvalue weighted by atomic mass is 9.81. The number of anilines is 1. The normalized spacial score (nSPS) is 17.9. The summed E-state index contributed by atoms with van der Waals surface area (Å²) in [5.74, 6) is -0.737. The summed E-state index contributed by atoms with van der Waals surface area (Å²) in [4.78, 5) is 36.7. The molecule has 0 saturated heterocycles. The Kier molecular flexibility index (Phi) is 6.64. The Bertz CT molecular complexity index is 1600. The van der Waals surface area contributed by atoms with Gasteiger partial charge in [-0.1, -0.05) is 11.3 Å². The van der Waals surface area contributed by atoms with Gasteiger partial charge in [0, 0.05) is 37.2 Å². The number of aliphatic hydroxyl groups is 1. The molecule has 39 heavy (non-hydrogen) atoms. The topological polar surface area (TPSA) is 119 Å².